The van der Waals surface area contributed by atoms with Crippen LogP contribution in [0.15, 0.2) is 30.6 Å². The molecule has 0 aliphatic carbocycles. The first kappa shape index (κ1) is 10.5. The first-order chi connectivity index (χ1) is 8.20. The second-order valence-electron chi connectivity index (χ2n) is 4.54. The molecule has 1 aliphatic rings. The van der Waals surface area contributed by atoms with E-state index in [1.54, 1.807) is 18.5 Å². The van der Waals surface area contributed by atoms with Crippen molar-refractivity contribution in [1.29, 1.82) is 0 Å². The quantitative estimate of drug-likeness (QED) is 0.787. The highest BCUT2D eigenvalue weighted by Gasteiger charge is 2.35. The Labute approximate surface area is 99.1 Å². The van der Waals surface area contributed by atoms with Crippen molar-refractivity contribution in [3.8, 4) is 0 Å². The Hall–Kier alpha value is -1.68. The van der Waals surface area contributed by atoms with Gasteiger partial charge in [-0.1, -0.05) is 12.1 Å². The van der Waals surface area contributed by atoms with Gasteiger partial charge in [0.15, 0.2) is 0 Å². The van der Waals surface area contributed by atoms with E-state index in [1.807, 2.05) is 13.0 Å². The van der Waals surface area contributed by atoms with Gasteiger partial charge in [-0.05, 0) is 24.6 Å². The van der Waals surface area contributed by atoms with Crippen LogP contribution in [0.2, 0.25) is 0 Å². The first-order valence-electron chi connectivity index (χ1n) is 5.74. The number of imidazole rings is 1. The van der Waals surface area contributed by atoms with Crippen molar-refractivity contribution in [2.75, 3.05) is 6.54 Å². The van der Waals surface area contributed by atoms with Gasteiger partial charge in [-0.25, -0.2) is 9.37 Å². The standard InChI is InChI=1S/C13H14FN3/c1-13(9-3-2-4-10(14)7-9)12-11(5-6-17-13)15-8-16-12/h2-4,7-8,17H,5-6H2,1H3,(H,15,16). The van der Waals surface area contributed by atoms with Crippen LogP contribution in [0, 0.1) is 5.82 Å². The van der Waals surface area contributed by atoms with Gasteiger partial charge in [0.2, 0.25) is 0 Å². The predicted molar refractivity (Wildman–Crippen MR) is 63.1 cm³/mol. The molecule has 2 aromatic rings. The maximum Gasteiger partial charge on any atom is 0.123 e. The minimum atomic E-state index is -0.407. The molecule has 1 aliphatic heterocycles. The molecule has 0 bridgehead atoms. The predicted octanol–water partition coefficient (Wildman–Crippen LogP) is 1.96. The Morgan fingerprint density at radius 2 is 2.29 bits per heavy atom. The Morgan fingerprint density at radius 3 is 3.12 bits per heavy atom. The van der Waals surface area contributed by atoms with Gasteiger partial charge in [-0.15, -0.1) is 0 Å². The molecule has 3 rings (SSSR count). The lowest BCUT2D eigenvalue weighted by molar-refractivity contribution is 0.401. The van der Waals surface area contributed by atoms with E-state index in [0.717, 1.165) is 29.9 Å². The van der Waals surface area contributed by atoms with Crippen LogP contribution in [0.3, 0.4) is 0 Å². The number of nitrogens with zero attached hydrogens (tertiary/aromatic N) is 1. The monoisotopic (exact) mass is 231 g/mol. The van der Waals surface area contributed by atoms with Crippen molar-refractivity contribution in [3.63, 3.8) is 0 Å². The molecule has 0 amide bonds. The molecule has 0 radical (unpaired) electrons. The second kappa shape index (κ2) is 3.67. The van der Waals surface area contributed by atoms with Crippen LogP contribution in [-0.4, -0.2) is 16.5 Å². The Bertz CT molecular complexity index is 549. The van der Waals surface area contributed by atoms with Gasteiger partial charge in [-0.2, -0.15) is 0 Å². The number of aromatic amines is 1. The van der Waals surface area contributed by atoms with Crippen LogP contribution >= 0.6 is 0 Å². The Balaban J connectivity index is 2.15. The highest BCUT2D eigenvalue weighted by Crippen LogP contribution is 2.32. The smallest absolute Gasteiger partial charge is 0.123 e. The third-order valence-electron chi connectivity index (χ3n) is 3.45. The fourth-order valence-corrected chi connectivity index (χ4v) is 2.50. The maximum atomic E-state index is 13.3. The van der Waals surface area contributed by atoms with Gasteiger partial charge in [0, 0.05) is 18.7 Å². The van der Waals surface area contributed by atoms with E-state index in [0.29, 0.717) is 0 Å². The highest BCUT2D eigenvalue weighted by molar-refractivity contribution is 5.38. The maximum absolute atomic E-state index is 13.3. The second-order valence-corrected chi connectivity index (χ2v) is 4.54. The van der Waals surface area contributed by atoms with Gasteiger partial charge < -0.3 is 10.3 Å². The van der Waals surface area contributed by atoms with Crippen LogP contribution in [0.25, 0.3) is 0 Å². The zero-order chi connectivity index (χ0) is 11.9. The van der Waals surface area contributed by atoms with E-state index >= 15 is 0 Å². The molecular weight excluding hydrogens is 217 g/mol. The van der Waals surface area contributed by atoms with Crippen molar-refractivity contribution < 1.29 is 4.39 Å². The number of fused-ring (bicyclic) bond motifs is 1. The normalized spacial score (nSPS) is 23.4. The number of aromatic nitrogens is 2. The summed E-state index contributed by atoms with van der Waals surface area (Å²) in [6, 6.07) is 6.69. The Kier molecular flexibility index (Phi) is 2.26. The van der Waals surface area contributed by atoms with Crippen LogP contribution in [0.5, 0.6) is 0 Å². The molecular formula is C13H14FN3. The van der Waals surface area contributed by atoms with Crippen molar-refractivity contribution in [2.45, 2.75) is 18.9 Å². The van der Waals surface area contributed by atoms with E-state index in [2.05, 4.69) is 15.3 Å². The molecule has 0 fully saturated rings. The summed E-state index contributed by atoms with van der Waals surface area (Å²) in [6.07, 6.45) is 2.63. The number of benzene rings is 1. The number of halogens is 1. The third kappa shape index (κ3) is 1.56. The van der Waals surface area contributed by atoms with E-state index < -0.39 is 5.54 Å². The summed E-state index contributed by atoms with van der Waals surface area (Å²) < 4.78 is 13.3. The van der Waals surface area contributed by atoms with E-state index in [9.17, 15) is 4.39 Å². The molecule has 88 valence electrons. The molecule has 2 N–H and O–H groups in total. The van der Waals surface area contributed by atoms with E-state index in [4.69, 9.17) is 0 Å². The van der Waals surface area contributed by atoms with Crippen LogP contribution in [-0.2, 0) is 12.0 Å². The number of rotatable bonds is 1. The summed E-state index contributed by atoms with van der Waals surface area (Å²) in [5, 5.41) is 3.43. The largest absolute Gasteiger partial charge is 0.348 e. The zero-order valence-electron chi connectivity index (χ0n) is 9.63. The molecule has 4 heteroatoms. The van der Waals surface area contributed by atoms with Crippen molar-refractivity contribution in [2.24, 2.45) is 0 Å². The topological polar surface area (TPSA) is 40.7 Å². The van der Waals surface area contributed by atoms with Gasteiger partial charge in [0.25, 0.3) is 0 Å². The van der Waals surface area contributed by atoms with E-state index in [-0.39, 0.29) is 5.82 Å². The molecule has 2 heterocycles. The first-order valence-corrected chi connectivity index (χ1v) is 5.74. The molecule has 1 aromatic carbocycles. The van der Waals surface area contributed by atoms with Crippen LogP contribution in [0.1, 0.15) is 23.9 Å². The lowest BCUT2D eigenvalue weighted by atomic mass is 9.84. The van der Waals surface area contributed by atoms with Gasteiger partial charge >= 0.3 is 0 Å². The van der Waals surface area contributed by atoms with E-state index in [1.165, 1.54) is 6.07 Å². The summed E-state index contributed by atoms with van der Waals surface area (Å²) in [4.78, 5) is 7.53. The average Bonchev–Trinajstić information content (AvgIpc) is 2.79. The minimum absolute atomic E-state index is 0.215. The summed E-state index contributed by atoms with van der Waals surface area (Å²) in [7, 11) is 0. The number of hydrogen-bond donors (Lipinski definition) is 2. The number of nitrogens with one attached hydrogen (secondary N) is 2. The fraction of sp³-hybridized carbons (Fsp3) is 0.308. The Morgan fingerprint density at radius 1 is 1.41 bits per heavy atom. The summed E-state index contributed by atoms with van der Waals surface area (Å²) in [5.74, 6) is -0.215. The minimum Gasteiger partial charge on any atom is -0.348 e. The number of H-pyrrole nitrogens is 1. The SMILES string of the molecule is CC1(c2cccc(F)c2)NCCc2[nH]cnc21. The lowest BCUT2D eigenvalue weighted by Crippen LogP contribution is -2.46. The molecule has 0 spiro atoms. The number of hydrogen-bond acceptors (Lipinski definition) is 2. The molecule has 1 aromatic heterocycles. The zero-order valence-corrected chi connectivity index (χ0v) is 9.63. The van der Waals surface area contributed by atoms with Gasteiger partial charge in [0.05, 0.1) is 17.6 Å². The average molecular weight is 231 g/mol. The summed E-state index contributed by atoms with van der Waals surface area (Å²) >= 11 is 0. The third-order valence-corrected chi connectivity index (χ3v) is 3.45. The lowest BCUT2D eigenvalue weighted by Gasteiger charge is -2.34. The molecule has 1 unspecified atom stereocenters. The van der Waals surface area contributed by atoms with Crippen LogP contribution < -0.4 is 5.32 Å². The molecule has 0 saturated carbocycles. The molecule has 1 atom stereocenters. The van der Waals surface area contributed by atoms with Crippen molar-refractivity contribution in [1.82, 2.24) is 15.3 Å². The summed E-state index contributed by atoms with van der Waals surface area (Å²) in [6.45, 7) is 2.91. The fourth-order valence-electron chi connectivity index (χ4n) is 2.50. The van der Waals surface area contributed by atoms with Crippen molar-refractivity contribution in [3.05, 3.63) is 53.4 Å². The van der Waals surface area contributed by atoms with Crippen molar-refractivity contribution >= 4 is 0 Å². The van der Waals surface area contributed by atoms with Gasteiger partial charge in [0.1, 0.15) is 5.82 Å². The van der Waals surface area contributed by atoms with Crippen LogP contribution in [0.4, 0.5) is 4.39 Å². The molecule has 17 heavy (non-hydrogen) atoms. The highest BCUT2D eigenvalue weighted by atomic mass is 19.1. The van der Waals surface area contributed by atoms with Gasteiger partial charge in [-0.3, -0.25) is 0 Å². The molecule has 3 nitrogen and oxygen atoms in total. The summed E-state index contributed by atoms with van der Waals surface area (Å²) in [5.41, 5.74) is 2.60. The molecule has 0 saturated heterocycles.